The van der Waals surface area contributed by atoms with Crippen molar-refractivity contribution in [2.75, 3.05) is 91.0 Å². The summed E-state index contributed by atoms with van der Waals surface area (Å²) in [6.07, 6.45) is 5.83. The largest absolute Gasteiger partial charge is 0.465 e. The molecule has 4 amide bonds. The Morgan fingerprint density at radius 3 is 2.17 bits per heavy atom. The minimum atomic E-state index is -0.785. The van der Waals surface area contributed by atoms with Gasteiger partial charge in [0, 0.05) is 84.1 Å². The second-order valence-corrected chi connectivity index (χ2v) is 17.1. The minimum Gasteiger partial charge on any atom is -0.465 e. The number of nitrogens with zero attached hydrogens (tertiary/aromatic N) is 6. The van der Waals surface area contributed by atoms with Gasteiger partial charge in [-0.3, -0.25) is 29.0 Å². The van der Waals surface area contributed by atoms with Crippen LogP contribution in [0, 0.1) is 11.8 Å². The van der Waals surface area contributed by atoms with Crippen LogP contribution in [0.4, 0.5) is 10.5 Å². The van der Waals surface area contributed by atoms with Crippen molar-refractivity contribution in [1.29, 1.82) is 0 Å². The van der Waals surface area contributed by atoms with Gasteiger partial charge in [0.25, 0.3) is 5.91 Å². The van der Waals surface area contributed by atoms with Crippen LogP contribution in [0.5, 0.6) is 0 Å². The van der Waals surface area contributed by atoms with Gasteiger partial charge in [0.2, 0.25) is 11.8 Å². The van der Waals surface area contributed by atoms with E-state index in [4.69, 9.17) is 9.47 Å². The predicted octanol–water partition coefficient (Wildman–Crippen LogP) is 5.80. The van der Waals surface area contributed by atoms with Crippen molar-refractivity contribution in [3.63, 3.8) is 0 Å². The molecular formula is C45H69N7O7. The van der Waals surface area contributed by atoms with Crippen LogP contribution in [0.15, 0.2) is 36.5 Å². The number of esters is 1. The normalized spacial score (nSPS) is 18.1. The summed E-state index contributed by atoms with van der Waals surface area (Å²) in [4.78, 5) is 79.9. The van der Waals surface area contributed by atoms with Crippen LogP contribution in [-0.2, 0) is 30.3 Å². The van der Waals surface area contributed by atoms with Gasteiger partial charge in [-0.1, -0.05) is 51.5 Å². The number of benzene rings is 1. The Kier molecular flexibility index (Phi) is 18.1. The van der Waals surface area contributed by atoms with E-state index in [9.17, 15) is 24.0 Å². The van der Waals surface area contributed by atoms with E-state index in [0.717, 1.165) is 68.7 Å². The Morgan fingerprint density at radius 2 is 1.54 bits per heavy atom. The average molecular weight is 820 g/mol. The third kappa shape index (κ3) is 14.9. The highest BCUT2D eigenvalue weighted by atomic mass is 16.6. The molecule has 0 aliphatic carbocycles. The first kappa shape index (κ1) is 47.1. The van der Waals surface area contributed by atoms with Crippen LogP contribution in [-0.4, -0.2) is 151 Å². The number of pyridine rings is 1. The zero-order valence-electron chi connectivity index (χ0n) is 36.9. The number of ether oxygens (including phenoxy) is 2. The van der Waals surface area contributed by atoms with Crippen LogP contribution in [0.2, 0.25) is 0 Å². The molecule has 59 heavy (non-hydrogen) atoms. The molecule has 1 aromatic carbocycles. The summed E-state index contributed by atoms with van der Waals surface area (Å²) in [5.74, 6) is -0.603. The molecule has 0 saturated carbocycles. The number of carbonyl (C=O) groups is 5. The van der Waals surface area contributed by atoms with Crippen molar-refractivity contribution in [2.45, 2.75) is 92.6 Å². The van der Waals surface area contributed by atoms with E-state index in [2.05, 4.69) is 53.0 Å². The lowest BCUT2D eigenvalue weighted by atomic mass is 9.95. The number of rotatable bonds is 13. The van der Waals surface area contributed by atoms with Crippen LogP contribution >= 0.6 is 0 Å². The number of aromatic nitrogens is 1. The van der Waals surface area contributed by atoms with Gasteiger partial charge in [0.1, 0.15) is 12.1 Å². The number of likely N-dealkylation sites (tertiary alicyclic amines) is 2. The van der Waals surface area contributed by atoms with Gasteiger partial charge in [0.05, 0.1) is 18.8 Å². The highest BCUT2D eigenvalue weighted by molar-refractivity contribution is 6.04. The number of nitrogens with one attached hydrogen (secondary N) is 1. The van der Waals surface area contributed by atoms with Crippen molar-refractivity contribution < 1.29 is 33.4 Å². The standard InChI is InChI=1S/C42H61N7O7.C3H8/c1-7-30-10-9-11-33(22-30)34-24-35(44-36(50)28-49(41(54)56-42(3,4)5)27-32-12-15-45(6)37(51)23-32)39(43-25-34)40(53)48-16-13-31(14-17-48)26-46-18-20-47(21-19-46)29-38(52)55-8-2;1-3-2/h9-11,22,24-25,31-32H,7-8,12-21,23,26-29H2,1-6H3,(H,44,50);3H2,1-2H3. The van der Waals surface area contributed by atoms with Crippen LogP contribution < -0.4 is 5.32 Å². The maximum atomic E-state index is 14.2. The zero-order chi connectivity index (χ0) is 43.1. The Labute approximate surface area is 351 Å². The van der Waals surface area contributed by atoms with Gasteiger partial charge in [-0.2, -0.15) is 0 Å². The van der Waals surface area contributed by atoms with E-state index in [1.165, 1.54) is 11.3 Å². The lowest BCUT2D eigenvalue weighted by Crippen LogP contribution is -2.50. The second-order valence-electron chi connectivity index (χ2n) is 17.1. The van der Waals surface area contributed by atoms with Crippen molar-refractivity contribution in [1.82, 2.24) is 29.5 Å². The highest BCUT2D eigenvalue weighted by Gasteiger charge is 2.32. The van der Waals surface area contributed by atoms with Crippen molar-refractivity contribution in [2.24, 2.45) is 11.8 Å². The van der Waals surface area contributed by atoms with Crippen molar-refractivity contribution >= 4 is 35.5 Å². The summed E-state index contributed by atoms with van der Waals surface area (Å²) in [6, 6.07) is 9.86. The summed E-state index contributed by atoms with van der Waals surface area (Å²) >= 11 is 0. The summed E-state index contributed by atoms with van der Waals surface area (Å²) < 4.78 is 10.8. The maximum Gasteiger partial charge on any atom is 0.410 e. The predicted molar refractivity (Wildman–Crippen MR) is 230 cm³/mol. The number of aryl methyl sites for hydroxylation is 1. The van der Waals surface area contributed by atoms with Gasteiger partial charge >= 0.3 is 12.1 Å². The fourth-order valence-corrected chi connectivity index (χ4v) is 7.58. The van der Waals surface area contributed by atoms with Crippen molar-refractivity contribution in [3.05, 3.63) is 47.8 Å². The molecule has 5 rings (SSSR count). The lowest BCUT2D eigenvalue weighted by molar-refractivity contribution is -0.145. The van der Waals surface area contributed by atoms with Crippen molar-refractivity contribution in [3.8, 4) is 11.1 Å². The highest BCUT2D eigenvalue weighted by Crippen LogP contribution is 2.28. The van der Waals surface area contributed by atoms with E-state index in [-0.39, 0.29) is 54.6 Å². The van der Waals surface area contributed by atoms with Gasteiger partial charge in [0.15, 0.2) is 5.69 Å². The van der Waals surface area contributed by atoms with Crippen LogP contribution in [0.3, 0.4) is 0 Å². The molecule has 3 fully saturated rings. The Morgan fingerprint density at radius 1 is 0.881 bits per heavy atom. The number of piperazine rings is 1. The Bertz CT molecular complexity index is 1710. The van der Waals surface area contributed by atoms with E-state index >= 15 is 0 Å². The molecule has 0 radical (unpaired) electrons. The number of hydrogen-bond acceptors (Lipinski definition) is 10. The number of piperidine rings is 2. The zero-order valence-corrected chi connectivity index (χ0v) is 36.9. The summed E-state index contributed by atoms with van der Waals surface area (Å²) in [5, 5.41) is 2.94. The monoisotopic (exact) mass is 820 g/mol. The molecule has 1 N–H and O–H groups in total. The maximum absolute atomic E-state index is 14.2. The van der Waals surface area contributed by atoms with Gasteiger partial charge in [-0.15, -0.1) is 0 Å². The third-order valence-corrected chi connectivity index (χ3v) is 10.8. The molecule has 3 aliphatic heterocycles. The molecule has 3 saturated heterocycles. The van der Waals surface area contributed by atoms with E-state index in [1.807, 2.05) is 24.0 Å². The molecule has 1 unspecified atom stereocenters. The fourth-order valence-electron chi connectivity index (χ4n) is 7.58. The van der Waals surface area contributed by atoms with E-state index in [1.54, 1.807) is 45.0 Å². The lowest BCUT2D eigenvalue weighted by Gasteiger charge is -2.38. The second kappa shape index (κ2) is 22.7. The van der Waals surface area contributed by atoms with Gasteiger partial charge < -0.3 is 29.5 Å². The molecule has 0 bridgehead atoms. The first-order valence-electron chi connectivity index (χ1n) is 21.6. The Balaban J connectivity index is 0.00000248. The molecule has 3 aliphatic rings. The van der Waals surface area contributed by atoms with Crippen LogP contribution in [0.1, 0.15) is 96.6 Å². The molecule has 326 valence electrons. The van der Waals surface area contributed by atoms with Crippen LogP contribution in [0.25, 0.3) is 11.1 Å². The molecule has 1 atom stereocenters. The third-order valence-electron chi connectivity index (χ3n) is 10.8. The topological polar surface area (TPSA) is 145 Å². The molecule has 2 aromatic rings. The minimum absolute atomic E-state index is 0.00252. The smallest absolute Gasteiger partial charge is 0.410 e. The number of hydrogen-bond donors (Lipinski definition) is 1. The number of carbonyl (C=O) groups excluding carboxylic acids is 5. The van der Waals surface area contributed by atoms with Gasteiger partial charge in [-0.25, -0.2) is 9.78 Å². The molecular weight excluding hydrogens is 751 g/mol. The molecule has 1 aromatic heterocycles. The summed E-state index contributed by atoms with van der Waals surface area (Å²) in [7, 11) is 1.76. The number of anilines is 1. The first-order valence-corrected chi connectivity index (χ1v) is 21.6. The average Bonchev–Trinajstić information content (AvgIpc) is 3.19. The molecule has 14 heteroatoms. The fraction of sp³-hybridized carbons (Fsp3) is 0.644. The molecule has 4 heterocycles. The summed E-state index contributed by atoms with van der Waals surface area (Å²) in [5.41, 5.74) is 2.45. The van der Waals surface area contributed by atoms with Gasteiger partial charge in [-0.05, 0) is 82.4 Å². The quantitative estimate of drug-likeness (QED) is 0.246. The molecule has 0 spiro atoms. The Hall–Kier alpha value is -4.56. The first-order chi connectivity index (χ1) is 28.1. The SMILES string of the molecule is CCC.CCOC(=O)CN1CCN(CC2CCN(C(=O)c3ncc(-c4cccc(CC)c4)cc3NC(=O)CN(CC3CCN(C)C(=O)C3)C(=O)OC(C)(C)C)CC2)CC1. The number of amides is 4. The molecule has 14 nitrogen and oxygen atoms in total. The summed E-state index contributed by atoms with van der Waals surface area (Å²) in [6.45, 7) is 20.1. The van der Waals surface area contributed by atoms with E-state index < -0.39 is 17.6 Å². The van der Waals surface area contributed by atoms with E-state index in [0.29, 0.717) is 45.1 Å².